The van der Waals surface area contributed by atoms with Crippen LogP contribution in [0.4, 0.5) is 0 Å². The first kappa shape index (κ1) is 16.0. The summed E-state index contributed by atoms with van der Waals surface area (Å²) in [5.74, 6) is 0. The number of nitrogens with zero attached hydrogens (tertiary/aromatic N) is 1. The van der Waals surface area contributed by atoms with E-state index in [0.717, 1.165) is 12.6 Å². The van der Waals surface area contributed by atoms with Crippen LogP contribution in [0.15, 0.2) is 0 Å². The quantitative estimate of drug-likeness (QED) is 0.826. The molecule has 1 aliphatic carbocycles. The van der Waals surface area contributed by atoms with Gasteiger partial charge in [-0.2, -0.15) is 0 Å². The summed E-state index contributed by atoms with van der Waals surface area (Å²) in [5.41, 5.74) is 0.903. The van der Waals surface area contributed by atoms with Gasteiger partial charge in [0.1, 0.15) is 0 Å². The molecular weight excluding hydrogens is 220 g/mol. The van der Waals surface area contributed by atoms with Crippen molar-refractivity contribution in [1.82, 2.24) is 10.2 Å². The Kier molecular flexibility index (Phi) is 5.25. The highest BCUT2D eigenvalue weighted by atomic mass is 15.2. The van der Waals surface area contributed by atoms with Gasteiger partial charge in [-0.15, -0.1) is 0 Å². The van der Waals surface area contributed by atoms with Gasteiger partial charge in [-0.1, -0.05) is 34.6 Å². The van der Waals surface area contributed by atoms with Gasteiger partial charge in [0.25, 0.3) is 0 Å². The van der Waals surface area contributed by atoms with Crippen molar-refractivity contribution in [3.63, 3.8) is 0 Å². The molecule has 1 rings (SSSR count). The third kappa shape index (κ3) is 4.55. The van der Waals surface area contributed by atoms with Gasteiger partial charge in [-0.05, 0) is 50.6 Å². The summed E-state index contributed by atoms with van der Waals surface area (Å²) in [5, 5.41) is 3.49. The Hall–Kier alpha value is -0.0800. The highest BCUT2D eigenvalue weighted by Gasteiger charge is 2.31. The van der Waals surface area contributed by atoms with Crippen molar-refractivity contribution in [2.45, 2.75) is 72.4 Å². The third-order valence-electron chi connectivity index (χ3n) is 4.80. The topological polar surface area (TPSA) is 15.3 Å². The van der Waals surface area contributed by atoms with Gasteiger partial charge in [0.2, 0.25) is 0 Å². The Labute approximate surface area is 115 Å². The summed E-state index contributed by atoms with van der Waals surface area (Å²) in [7, 11) is 4.40. The molecule has 0 aromatic heterocycles. The Morgan fingerprint density at radius 2 is 1.72 bits per heavy atom. The van der Waals surface area contributed by atoms with E-state index in [9.17, 15) is 0 Å². The molecule has 1 saturated carbocycles. The molecule has 1 fully saturated rings. The lowest BCUT2D eigenvalue weighted by atomic mass is 9.75. The van der Waals surface area contributed by atoms with Crippen LogP contribution in [0, 0.1) is 10.8 Å². The van der Waals surface area contributed by atoms with Crippen molar-refractivity contribution in [3.8, 4) is 0 Å². The van der Waals surface area contributed by atoms with Crippen LogP contribution in [0.2, 0.25) is 0 Å². The van der Waals surface area contributed by atoms with Crippen molar-refractivity contribution < 1.29 is 0 Å². The minimum absolute atomic E-state index is 0.330. The lowest BCUT2D eigenvalue weighted by Crippen LogP contribution is -2.49. The summed E-state index contributed by atoms with van der Waals surface area (Å²) in [6.07, 6.45) is 5.48. The maximum Gasteiger partial charge on any atom is 0.0240 e. The van der Waals surface area contributed by atoms with Crippen molar-refractivity contribution in [3.05, 3.63) is 0 Å². The van der Waals surface area contributed by atoms with Crippen LogP contribution in [-0.4, -0.2) is 37.6 Å². The molecule has 0 saturated heterocycles. The minimum atomic E-state index is 0.330. The van der Waals surface area contributed by atoms with Crippen molar-refractivity contribution in [2.24, 2.45) is 10.8 Å². The fraction of sp³-hybridized carbons (Fsp3) is 1.00. The first-order valence-corrected chi connectivity index (χ1v) is 7.53. The summed E-state index contributed by atoms with van der Waals surface area (Å²) >= 11 is 0. The number of likely N-dealkylation sites (N-methyl/N-ethyl adjacent to an activating group) is 2. The summed E-state index contributed by atoms with van der Waals surface area (Å²) < 4.78 is 0. The molecule has 1 atom stereocenters. The van der Waals surface area contributed by atoms with Crippen molar-refractivity contribution in [2.75, 3.05) is 20.6 Å². The van der Waals surface area contributed by atoms with E-state index < -0.39 is 0 Å². The smallest absolute Gasteiger partial charge is 0.0240 e. The van der Waals surface area contributed by atoms with Crippen LogP contribution in [0.25, 0.3) is 0 Å². The van der Waals surface area contributed by atoms with E-state index in [4.69, 9.17) is 0 Å². The van der Waals surface area contributed by atoms with Crippen LogP contribution < -0.4 is 5.32 Å². The van der Waals surface area contributed by atoms with Gasteiger partial charge in [0, 0.05) is 18.6 Å². The summed E-state index contributed by atoms with van der Waals surface area (Å²) in [4.78, 5) is 2.58. The van der Waals surface area contributed by atoms with Gasteiger partial charge in [0.15, 0.2) is 0 Å². The molecule has 1 unspecified atom stereocenters. The summed E-state index contributed by atoms with van der Waals surface area (Å²) in [6.45, 7) is 13.0. The summed E-state index contributed by atoms with van der Waals surface area (Å²) in [6, 6.07) is 1.36. The van der Waals surface area contributed by atoms with Crippen LogP contribution in [0.3, 0.4) is 0 Å². The van der Waals surface area contributed by atoms with Gasteiger partial charge in [-0.25, -0.2) is 0 Å². The molecule has 2 heteroatoms. The van der Waals surface area contributed by atoms with E-state index in [-0.39, 0.29) is 0 Å². The molecule has 2 nitrogen and oxygen atoms in total. The number of rotatable bonds is 4. The highest BCUT2D eigenvalue weighted by molar-refractivity contribution is 4.87. The van der Waals surface area contributed by atoms with E-state index in [1.807, 2.05) is 0 Å². The second kappa shape index (κ2) is 5.92. The van der Waals surface area contributed by atoms with Crippen molar-refractivity contribution in [1.29, 1.82) is 0 Å². The molecule has 18 heavy (non-hydrogen) atoms. The molecule has 108 valence electrons. The molecule has 0 amide bonds. The monoisotopic (exact) mass is 254 g/mol. The van der Waals surface area contributed by atoms with Crippen LogP contribution >= 0.6 is 0 Å². The molecule has 1 N–H and O–H groups in total. The standard InChI is InChI=1S/C16H34N2/c1-15(2,3)14(17-6)12-18(7)13-8-10-16(4,5)11-9-13/h13-14,17H,8-12H2,1-7H3. The Morgan fingerprint density at radius 1 is 1.22 bits per heavy atom. The largest absolute Gasteiger partial charge is 0.315 e. The van der Waals surface area contributed by atoms with Gasteiger partial charge in [0.05, 0.1) is 0 Å². The minimum Gasteiger partial charge on any atom is -0.315 e. The lowest BCUT2D eigenvalue weighted by Gasteiger charge is -2.41. The number of nitrogens with one attached hydrogen (secondary N) is 1. The zero-order chi connectivity index (χ0) is 14.0. The highest BCUT2D eigenvalue weighted by Crippen LogP contribution is 2.36. The second-order valence-electron chi connectivity index (χ2n) is 8.04. The Morgan fingerprint density at radius 3 is 2.11 bits per heavy atom. The van der Waals surface area contributed by atoms with Crippen molar-refractivity contribution >= 4 is 0 Å². The average Bonchev–Trinajstić information content (AvgIpc) is 2.23. The second-order valence-corrected chi connectivity index (χ2v) is 8.04. The molecule has 0 bridgehead atoms. The molecule has 1 aliphatic rings. The zero-order valence-electron chi connectivity index (χ0n) is 13.6. The van der Waals surface area contributed by atoms with Crippen LogP contribution in [0.5, 0.6) is 0 Å². The lowest BCUT2D eigenvalue weighted by molar-refractivity contribution is 0.103. The zero-order valence-corrected chi connectivity index (χ0v) is 13.6. The van der Waals surface area contributed by atoms with Crippen LogP contribution in [-0.2, 0) is 0 Å². The van der Waals surface area contributed by atoms with Gasteiger partial charge >= 0.3 is 0 Å². The predicted octanol–water partition coefficient (Wildman–Crippen LogP) is 3.52. The molecule has 0 radical (unpaired) electrons. The Balaban J connectivity index is 2.48. The fourth-order valence-corrected chi connectivity index (χ4v) is 3.06. The normalized spacial score (nSPS) is 23.3. The number of hydrogen-bond donors (Lipinski definition) is 1. The maximum absolute atomic E-state index is 3.49. The molecule has 0 spiro atoms. The molecule has 0 aliphatic heterocycles. The number of hydrogen-bond acceptors (Lipinski definition) is 2. The maximum atomic E-state index is 3.49. The van der Waals surface area contributed by atoms with Crippen LogP contribution in [0.1, 0.15) is 60.3 Å². The average molecular weight is 254 g/mol. The van der Waals surface area contributed by atoms with Gasteiger partial charge < -0.3 is 10.2 Å². The molecular formula is C16H34N2. The first-order valence-electron chi connectivity index (χ1n) is 7.53. The molecule has 0 aromatic carbocycles. The van der Waals surface area contributed by atoms with E-state index in [2.05, 4.69) is 58.9 Å². The van der Waals surface area contributed by atoms with E-state index >= 15 is 0 Å². The Bertz CT molecular complexity index is 242. The fourth-order valence-electron chi connectivity index (χ4n) is 3.06. The third-order valence-corrected chi connectivity index (χ3v) is 4.80. The molecule has 0 heterocycles. The molecule has 0 aromatic rings. The SMILES string of the molecule is CNC(CN(C)C1CCC(C)(C)CC1)C(C)(C)C. The van der Waals surface area contributed by atoms with E-state index in [0.29, 0.717) is 16.9 Å². The first-order chi connectivity index (χ1) is 8.15. The van der Waals surface area contributed by atoms with E-state index in [1.54, 1.807) is 0 Å². The predicted molar refractivity (Wildman–Crippen MR) is 81.0 cm³/mol. The van der Waals surface area contributed by atoms with E-state index in [1.165, 1.54) is 25.7 Å². The van der Waals surface area contributed by atoms with Gasteiger partial charge in [-0.3, -0.25) is 0 Å².